The van der Waals surface area contributed by atoms with Gasteiger partial charge in [-0.2, -0.15) is 5.10 Å². The molecule has 0 unspecified atom stereocenters. The highest BCUT2D eigenvalue weighted by atomic mass is 32.1. The Morgan fingerprint density at radius 2 is 2.03 bits per heavy atom. The molecule has 2 aliphatic heterocycles. The molecule has 1 aromatic carbocycles. The number of hydrogen-bond donors (Lipinski definition) is 0. The van der Waals surface area contributed by atoms with E-state index in [0.29, 0.717) is 11.8 Å². The topological polar surface area (TPSA) is 54.3 Å². The minimum atomic E-state index is 0.104. The quantitative estimate of drug-likeness (QED) is 0.667. The van der Waals surface area contributed by atoms with Crippen LogP contribution in [0.4, 0.5) is 0 Å². The summed E-state index contributed by atoms with van der Waals surface area (Å²) in [5, 5.41) is 6.51. The highest BCUT2D eigenvalue weighted by Crippen LogP contribution is 2.45. The zero-order valence-corrected chi connectivity index (χ0v) is 17.5. The van der Waals surface area contributed by atoms with Crippen molar-refractivity contribution >= 4 is 17.4 Å². The predicted molar refractivity (Wildman–Crippen MR) is 113 cm³/mol. The maximum atomic E-state index is 13.5. The molecule has 1 amide bonds. The van der Waals surface area contributed by atoms with Crippen LogP contribution >= 0.6 is 11.5 Å². The van der Waals surface area contributed by atoms with Crippen molar-refractivity contribution in [3.8, 4) is 0 Å². The Kier molecular flexibility index (Phi) is 4.72. The van der Waals surface area contributed by atoms with Crippen molar-refractivity contribution < 1.29 is 4.79 Å². The molecule has 29 heavy (non-hydrogen) atoms. The standard InChI is InChI=1S/C22H25N5OS/c1-15-19(12-25(2)24-15)22(28)27-11-18-10-26(9-16-8-23-29-14-16)13-20(18)21(27)17-6-4-3-5-7-17/h3-8,12,14,18,20-21H,9-11,13H2,1-2H3/t18-,20-,21+/m0/s1. The average molecular weight is 408 g/mol. The van der Waals surface area contributed by atoms with Crippen molar-refractivity contribution in [3.05, 3.63) is 70.5 Å². The first kappa shape index (κ1) is 18.5. The van der Waals surface area contributed by atoms with Crippen LogP contribution in [0.2, 0.25) is 0 Å². The van der Waals surface area contributed by atoms with Crippen LogP contribution in [-0.4, -0.2) is 49.5 Å². The summed E-state index contributed by atoms with van der Waals surface area (Å²) >= 11 is 1.51. The second kappa shape index (κ2) is 7.39. The molecule has 0 saturated carbocycles. The molecular formula is C22H25N5OS. The third-order valence-corrected chi connectivity index (χ3v) is 6.91. The Bertz CT molecular complexity index is 1000. The maximum absolute atomic E-state index is 13.5. The fourth-order valence-electron chi connectivity index (χ4n) is 5.08. The summed E-state index contributed by atoms with van der Waals surface area (Å²) in [4.78, 5) is 18.1. The highest BCUT2D eigenvalue weighted by Gasteiger charge is 2.49. The Morgan fingerprint density at radius 3 is 2.72 bits per heavy atom. The second-order valence-corrected chi connectivity index (χ2v) is 8.92. The fraction of sp³-hybridized carbons (Fsp3) is 0.409. The van der Waals surface area contributed by atoms with E-state index in [1.807, 2.05) is 32.4 Å². The van der Waals surface area contributed by atoms with Crippen molar-refractivity contribution in [2.45, 2.75) is 19.5 Å². The molecule has 4 heterocycles. The van der Waals surface area contributed by atoms with Gasteiger partial charge in [-0.05, 0) is 35.5 Å². The minimum absolute atomic E-state index is 0.104. The van der Waals surface area contributed by atoms with Gasteiger partial charge in [-0.1, -0.05) is 30.3 Å². The molecule has 2 aliphatic rings. The fourth-order valence-corrected chi connectivity index (χ4v) is 5.61. The number of hydrogen-bond acceptors (Lipinski definition) is 5. The Hall–Kier alpha value is -2.51. The first-order chi connectivity index (χ1) is 14.1. The predicted octanol–water partition coefficient (Wildman–Crippen LogP) is 3.13. The van der Waals surface area contributed by atoms with Crippen molar-refractivity contribution in [2.24, 2.45) is 18.9 Å². The lowest BCUT2D eigenvalue weighted by molar-refractivity contribution is 0.0699. The van der Waals surface area contributed by atoms with Gasteiger partial charge in [-0.15, -0.1) is 0 Å². The van der Waals surface area contributed by atoms with Gasteiger partial charge in [0.05, 0.1) is 17.3 Å². The summed E-state index contributed by atoms with van der Waals surface area (Å²) in [5.41, 5.74) is 4.03. The lowest BCUT2D eigenvalue weighted by Gasteiger charge is -2.30. The third kappa shape index (κ3) is 3.38. The van der Waals surface area contributed by atoms with E-state index in [9.17, 15) is 4.79 Å². The Morgan fingerprint density at radius 1 is 1.21 bits per heavy atom. The van der Waals surface area contributed by atoms with Gasteiger partial charge >= 0.3 is 0 Å². The van der Waals surface area contributed by atoms with Gasteiger partial charge in [0.2, 0.25) is 0 Å². The van der Waals surface area contributed by atoms with Gasteiger partial charge in [0.25, 0.3) is 5.91 Å². The number of fused-ring (bicyclic) bond motifs is 1. The summed E-state index contributed by atoms with van der Waals surface area (Å²) in [5.74, 6) is 1.05. The molecule has 3 atom stereocenters. The van der Waals surface area contributed by atoms with Crippen molar-refractivity contribution in [3.63, 3.8) is 0 Å². The molecular weight excluding hydrogens is 382 g/mol. The summed E-state index contributed by atoms with van der Waals surface area (Å²) in [6, 6.07) is 10.6. The van der Waals surface area contributed by atoms with Gasteiger partial charge in [0.15, 0.2) is 0 Å². The van der Waals surface area contributed by atoms with Gasteiger partial charge in [0, 0.05) is 56.9 Å². The monoisotopic (exact) mass is 407 g/mol. The molecule has 0 radical (unpaired) electrons. The van der Waals surface area contributed by atoms with Gasteiger partial charge in [-0.25, -0.2) is 4.37 Å². The van der Waals surface area contributed by atoms with E-state index in [1.54, 1.807) is 4.68 Å². The Labute approximate surface area is 174 Å². The average Bonchev–Trinajstić information content (AvgIpc) is 3.47. The first-order valence-corrected chi connectivity index (χ1v) is 10.9. The van der Waals surface area contributed by atoms with Crippen LogP contribution < -0.4 is 0 Å². The zero-order chi connectivity index (χ0) is 20.0. The molecule has 0 bridgehead atoms. The highest BCUT2D eigenvalue weighted by molar-refractivity contribution is 7.03. The van der Waals surface area contributed by atoms with Crippen molar-refractivity contribution in [2.75, 3.05) is 19.6 Å². The molecule has 2 saturated heterocycles. The molecule has 2 aromatic heterocycles. The van der Waals surface area contributed by atoms with Crippen LogP contribution in [0.15, 0.2) is 48.1 Å². The van der Waals surface area contributed by atoms with Crippen LogP contribution in [0, 0.1) is 18.8 Å². The number of benzene rings is 1. The van der Waals surface area contributed by atoms with Gasteiger partial charge in [0.1, 0.15) is 0 Å². The van der Waals surface area contributed by atoms with E-state index in [4.69, 9.17) is 0 Å². The minimum Gasteiger partial charge on any atom is -0.331 e. The Balaban J connectivity index is 1.43. The normalized spacial score (nSPS) is 24.2. The molecule has 0 N–H and O–H groups in total. The summed E-state index contributed by atoms with van der Waals surface area (Å²) in [6.45, 7) is 5.70. The molecule has 7 heteroatoms. The van der Waals surface area contributed by atoms with E-state index in [-0.39, 0.29) is 11.9 Å². The number of rotatable bonds is 4. The van der Waals surface area contributed by atoms with Crippen LogP contribution in [0.5, 0.6) is 0 Å². The van der Waals surface area contributed by atoms with Crippen LogP contribution in [-0.2, 0) is 13.6 Å². The summed E-state index contributed by atoms with van der Waals surface area (Å²) in [7, 11) is 1.87. The van der Waals surface area contributed by atoms with E-state index in [2.05, 4.69) is 48.9 Å². The number of likely N-dealkylation sites (tertiary alicyclic amines) is 2. The SMILES string of the molecule is Cc1nn(C)cc1C(=O)N1C[C@@H]2CN(Cc3cnsc3)C[C@@H]2[C@H]1c1ccccc1. The van der Waals surface area contributed by atoms with E-state index in [1.165, 1.54) is 22.7 Å². The first-order valence-electron chi connectivity index (χ1n) is 10.1. The second-order valence-electron chi connectivity index (χ2n) is 8.27. The van der Waals surface area contributed by atoms with Crippen LogP contribution in [0.25, 0.3) is 0 Å². The van der Waals surface area contributed by atoms with E-state index >= 15 is 0 Å². The van der Waals surface area contributed by atoms with Crippen molar-refractivity contribution in [1.82, 2.24) is 24.0 Å². The largest absolute Gasteiger partial charge is 0.331 e. The van der Waals surface area contributed by atoms with Gasteiger partial charge < -0.3 is 4.90 Å². The number of carbonyl (C=O) groups is 1. The zero-order valence-electron chi connectivity index (χ0n) is 16.7. The lowest BCUT2D eigenvalue weighted by Crippen LogP contribution is -2.35. The number of carbonyl (C=O) groups excluding carboxylic acids is 1. The molecule has 150 valence electrons. The molecule has 5 rings (SSSR count). The summed E-state index contributed by atoms with van der Waals surface area (Å²) < 4.78 is 5.96. The van der Waals surface area contributed by atoms with Crippen LogP contribution in [0.3, 0.4) is 0 Å². The molecule has 6 nitrogen and oxygen atoms in total. The number of aromatic nitrogens is 3. The van der Waals surface area contributed by atoms with Gasteiger partial charge in [-0.3, -0.25) is 14.4 Å². The third-order valence-electron chi connectivity index (χ3n) is 6.28. The van der Waals surface area contributed by atoms with E-state index < -0.39 is 0 Å². The number of aryl methyl sites for hydroxylation is 2. The number of nitrogens with zero attached hydrogens (tertiary/aromatic N) is 5. The smallest absolute Gasteiger partial charge is 0.257 e. The summed E-state index contributed by atoms with van der Waals surface area (Å²) in [6.07, 6.45) is 3.82. The molecule has 3 aromatic rings. The molecule has 0 spiro atoms. The maximum Gasteiger partial charge on any atom is 0.257 e. The lowest BCUT2D eigenvalue weighted by atomic mass is 9.89. The molecule has 2 fully saturated rings. The van der Waals surface area contributed by atoms with Crippen LogP contribution in [0.1, 0.15) is 33.2 Å². The van der Waals surface area contributed by atoms with Crippen molar-refractivity contribution in [1.29, 1.82) is 0 Å². The number of amides is 1. The van der Waals surface area contributed by atoms with E-state index in [0.717, 1.165) is 37.4 Å². The molecule has 0 aliphatic carbocycles.